The largest absolute Gasteiger partial charge is 0.324 e. The highest BCUT2D eigenvalue weighted by atomic mass is 32.1. The summed E-state index contributed by atoms with van der Waals surface area (Å²) in [4.78, 5) is 5.81. The van der Waals surface area contributed by atoms with E-state index in [2.05, 4.69) is 31.1 Å². The number of hydrogen-bond acceptors (Lipinski definition) is 4. The Hall–Kier alpha value is -0.450. The van der Waals surface area contributed by atoms with E-state index in [4.69, 9.17) is 5.73 Å². The van der Waals surface area contributed by atoms with Crippen LogP contribution in [0.1, 0.15) is 47.8 Å². The van der Waals surface area contributed by atoms with Crippen LogP contribution in [0.25, 0.3) is 0 Å². The van der Waals surface area contributed by atoms with Crippen molar-refractivity contribution in [1.82, 2.24) is 10.3 Å². The minimum atomic E-state index is 0.0574. The van der Waals surface area contributed by atoms with E-state index in [-0.39, 0.29) is 5.54 Å². The van der Waals surface area contributed by atoms with Gasteiger partial charge in [0.15, 0.2) is 0 Å². The van der Waals surface area contributed by atoms with Gasteiger partial charge in [-0.3, -0.25) is 0 Å². The molecule has 1 atom stereocenters. The van der Waals surface area contributed by atoms with Crippen LogP contribution < -0.4 is 11.1 Å². The van der Waals surface area contributed by atoms with E-state index >= 15 is 0 Å². The maximum absolute atomic E-state index is 6.20. The quantitative estimate of drug-likeness (QED) is 0.847. The van der Waals surface area contributed by atoms with Gasteiger partial charge in [-0.2, -0.15) is 0 Å². The third-order valence-electron chi connectivity index (χ3n) is 3.44. The number of rotatable bonds is 4. The number of thiazole rings is 1. The Bertz CT molecular complexity index is 368. The molecule has 1 aliphatic rings. The average Bonchev–Trinajstić information content (AvgIpc) is 2.51. The second-order valence-electron chi connectivity index (χ2n) is 5.00. The summed E-state index contributed by atoms with van der Waals surface area (Å²) < 4.78 is 0. The molecular formula is C12H21N3S. The lowest BCUT2D eigenvalue weighted by molar-refractivity contribution is 0.233. The van der Waals surface area contributed by atoms with Crippen molar-refractivity contribution in [3.05, 3.63) is 15.6 Å². The molecule has 0 aromatic carbocycles. The van der Waals surface area contributed by atoms with Crippen LogP contribution in [0.5, 0.6) is 0 Å². The van der Waals surface area contributed by atoms with Crippen molar-refractivity contribution < 1.29 is 0 Å². The SMILES string of the molecule is Cc1nc(C)c(C(C)NCC2(N)CCC2)s1. The van der Waals surface area contributed by atoms with E-state index in [0.29, 0.717) is 6.04 Å². The van der Waals surface area contributed by atoms with Gasteiger partial charge >= 0.3 is 0 Å². The van der Waals surface area contributed by atoms with E-state index in [1.807, 2.05) is 0 Å². The first kappa shape index (κ1) is 12.0. The van der Waals surface area contributed by atoms with Gasteiger partial charge in [-0.1, -0.05) is 0 Å². The summed E-state index contributed by atoms with van der Waals surface area (Å²) in [6.45, 7) is 7.26. The maximum atomic E-state index is 6.20. The number of nitrogens with zero attached hydrogens (tertiary/aromatic N) is 1. The average molecular weight is 239 g/mol. The van der Waals surface area contributed by atoms with Gasteiger partial charge in [-0.15, -0.1) is 11.3 Å². The summed E-state index contributed by atoms with van der Waals surface area (Å²) in [7, 11) is 0. The van der Waals surface area contributed by atoms with Gasteiger partial charge in [-0.25, -0.2) is 4.98 Å². The molecule has 1 fully saturated rings. The van der Waals surface area contributed by atoms with Crippen LogP contribution in [0, 0.1) is 13.8 Å². The Morgan fingerprint density at radius 3 is 2.62 bits per heavy atom. The van der Waals surface area contributed by atoms with Crippen LogP contribution in [0.4, 0.5) is 0 Å². The van der Waals surface area contributed by atoms with Gasteiger partial charge in [0.2, 0.25) is 0 Å². The lowest BCUT2D eigenvalue weighted by atomic mass is 9.77. The smallest absolute Gasteiger partial charge is 0.0900 e. The summed E-state index contributed by atoms with van der Waals surface area (Å²) >= 11 is 1.78. The molecule has 1 aliphatic carbocycles. The van der Waals surface area contributed by atoms with Crippen LogP contribution >= 0.6 is 11.3 Å². The summed E-state index contributed by atoms with van der Waals surface area (Å²) in [5.41, 5.74) is 7.41. The molecule has 1 heterocycles. The number of aryl methyl sites for hydroxylation is 2. The minimum Gasteiger partial charge on any atom is -0.324 e. The summed E-state index contributed by atoms with van der Waals surface area (Å²) in [5, 5.41) is 4.69. The second kappa shape index (κ2) is 4.43. The zero-order valence-corrected chi connectivity index (χ0v) is 11.2. The Morgan fingerprint density at radius 1 is 1.50 bits per heavy atom. The molecule has 3 nitrogen and oxygen atoms in total. The predicted octanol–water partition coefficient (Wildman–Crippen LogP) is 2.29. The molecule has 1 aromatic rings. The van der Waals surface area contributed by atoms with E-state index in [1.54, 1.807) is 11.3 Å². The molecule has 4 heteroatoms. The molecule has 16 heavy (non-hydrogen) atoms. The molecule has 1 saturated carbocycles. The fraction of sp³-hybridized carbons (Fsp3) is 0.750. The van der Waals surface area contributed by atoms with Gasteiger partial charge in [0, 0.05) is 23.0 Å². The van der Waals surface area contributed by atoms with Crippen molar-refractivity contribution in [2.24, 2.45) is 5.73 Å². The molecule has 3 N–H and O–H groups in total. The van der Waals surface area contributed by atoms with Crippen molar-refractivity contribution >= 4 is 11.3 Å². The number of nitrogens with two attached hydrogens (primary N) is 1. The zero-order chi connectivity index (χ0) is 11.8. The summed E-state index contributed by atoms with van der Waals surface area (Å²) in [6, 6.07) is 0.368. The highest BCUT2D eigenvalue weighted by Crippen LogP contribution is 2.30. The van der Waals surface area contributed by atoms with E-state index in [9.17, 15) is 0 Å². The first-order valence-corrected chi connectivity index (χ1v) is 6.78. The third kappa shape index (κ3) is 2.44. The summed E-state index contributed by atoms with van der Waals surface area (Å²) in [5.74, 6) is 0. The Labute approximate surface area is 101 Å². The molecule has 0 amide bonds. The minimum absolute atomic E-state index is 0.0574. The van der Waals surface area contributed by atoms with Crippen molar-refractivity contribution in [2.75, 3.05) is 6.54 Å². The molecule has 0 saturated heterocycles. The first-order valence-electron chi connectivity index (χ1n) is 5.96. The standard InChI is InChI=1S/C12H21N3S/c1-8(11-9(2)15-10(3)16-11)14-7-12(13)5-4-6-12/h8,14H,4-7,13H2,1-3H3. The van der Waals surface area contributed by atoms with Crippen LogP contribution in [0.15, 0.2) is 0 Å². The van der Waals surface area contributed by atoms with Gasteiger partial charge in [0.25, 0.3) is 0 Å². The van der Waals surface area contributed by atoms with Crippen LogP contribution in [-0.4, -0.2) is 17.1 Å². The van der Waals surface area contributed by atoms with E-state index in [0.717, 1.165) is 30.1 Å². The van der Waals surface area contributed by atoms with E-state index in [1.165, 1.54) is 11.3 Å². The fourth-order valence-electron chi connectivity index (χ4n) is 2.21. The monoisotopic (exact) mass is 239 g/mol. The fourth-order valence-corrected chi connectivity index (χ4v) is 3.16. The first-order chi connectivity index (χ1) is 7.50. The van der Waals surface area contributed by atoms with E-state index < -0.39 is 0 Å². The molecule has 2 rings (SSSR count). The van der Waals surface area contributed by atoms with Gasteiger partial charge in [0.1, 0.15) is 0 Å². The van der Waals surface area contributed by atoms with Crippen molar-refractivity contribution in [3.63, 3.8) is 0 Å². The van der Waals surface area contributed by atoms with Gasteiger partial charge < -0.3 is 11.1 Å². The number of hydrogen-bond donors (Lipinski definition) is 2. The molecule has 0 radical (unpaired) electrons. The molecule has 1 aromatic heterocycles. The third-order valence-corrected chi connectivity index (χ3v) is 4.70. The highest BCUT2D eigenvalue weighted by molar-refractivity contribution is 7.11. The lowest BCUT2D eigenvalue weighted by Gasteiger charge is -2.39. The van der Waals surface area contributed by atoms with Gasteiger partial charge in [0.05, 0.1) is 10.7 Å². The topological polar surface area (TPSA) is 50.9 Å². The lowest BCUT2D eigenvalue weighted by Crippen LogP contribution is -2.54. The normalized spacial score (nSPS) is 20.5. The molecule has 90 valence electrons. The summed E-state index contributed by atoms with van der Waals surface area (Å²) in [6.07, 6.45) is 3.60. The second-order valence-corrected chi connectivity index (χ2v) is 6.24. The number of nitrogens with one attached hydrogen (secondary N) is 1. The van der Waals surface area contributed by atoms with Crippen molar-refractivity contribution in [2.45, 2.75) is 51.6 Å². The van der Waals surface area contributed by atoms with Gasteiger partial charge in [-0.05, 0) is 40.0 Å². The Morgan fingerprint density at radius 2 is 2.19 bits per heavy atom. The van der Waals surface area contributed by atoms with Crippen molar-refractivity contribution in [3.8, 4) is 0 Å². The number of aromatic nitrogens is 1. The highest BCUT2D eigenvalue weighted by Gasteiger charge is 2.32. The maximum Gasteiger partial charge on any atom is 0.0900 e. The van der Waals surface area contributed by atoms with Crippen LogP contribution in [-0.2, 0) is 0 Å². The Balaban J connectivity index is 1.92. The molecule has 0 bridgehead atoms. The molecular weight excluding hydrogens is 218 g/mol. The Kier molecular flexibility index (Phi) is 3.33. The predicted molar refractivity (Wildman–Crippen MR) is 68.8 cm³/mol. The van der Waals surface area contributed by atoms with Crippen LogP contribution in [0.3, 0.4) is 0 Å². The molecule has 0 spiro atoms. The van der Waals surface area contributed by atoms with Crippen LogP contribution in [0.2, 0.25) is 0 Å². The molecule has 1 unspecified atom stereocenters. The van der Waals surface area contributed by atoms with Crippen molar-refractivity contribution in [1.29, 1.82) is 0 Å². The molecule has 0 aliphatic heterocycles. The zero-order valence-electron chi connectivity index (χ0n) is 10.3.